The van der Waals surface area contributed by atoms with E-state index in [1.54, 1.807) is 7.11 Å². The lowest BCUT2D eigenvalue weighted by atomic mass is 10.2. The summed E-state index contributed by atoms with van der Waals surface area (Å²) >= 11 is 1.42. The van der Waals surface area contributed by atoms with Crippen molar-refractivity contribution >= 4 is 33.0 Å². The smallest absolute Gasteiger partial charge is 0.263 e. The van der Waals surface area contributed by atoms with Crippen LogP contribution in [0.15, 0.2) is 18.2 Å². The van der Waals surface area contributed by atoms with E-state index in [1.165, 1.54) is 11.3 Å². The fourth-order valence-corrected chi connectivity index (χ4v) is 3.75. The molecule has 1 aliphatic heterocycles. The number of carbonyl (C=O) groups is 1. The Morgan fingerprint density at radius 1 is 1.52 bits per heavy atom. The lowest BCUT2D eigenvalue weighted by Gasteiger charge is -2.12. The van der Waals surface area contributed by atoms with E-state index in [1.807, 2.05) is 18.2 Å². The van der Waals surface area contributed by atoms with Crippen LogP contribution in [-0.2, 0) is 0 Å². The second-order valence-electron chi connectivity index (χ2n) is 5.43. The van der Waals surface area contributed by atoms with Gasteiger partial charge in [0, 0.05) is 22.7 Å². The quantitative estimate of drug-likeness (QED) is 0.909. The second-order valence-corrected chi connectivity index (χ2v) is 6.48. The zero-order chi connectivity index (χ0) is 15.0. The molecule has 1 atom stereocenters. The first-order chi connectivity index (χ1) is 10.1. The first kappa shape index (κ1) is 14.2. The molecule has 1 unspecified atom stereocenters. The highest BCUT2D eigenvalue weighted by Gasteiger charge is 2.24. The number of likely N-dealkylation sites (tertiary alicyclic amines) is 1. The first-order valence-electron chi connectivity index (χ1n) is 6.94. The van der Waals surface area contributed by atoms with Crippen molar-refractivity contribution in [3.05, 3.63) is 23.1 Å². The molecule has 6 heteroatoms. The third-order valence-electron chi connectivity index (χ3n) is 3.87. The average Bonchev–Trinajstić information content (AvgIpc) is 3.02. The third-order valence-corrected chi connectivity index (χ3v) is 5.04. The molecule has 2 aromatic rings. The summed E-state index contributed by atoms with van der Waals surface area (Å²) in [5.41, 5.74) is 6.69. The number of likely N-dealkylation sites (N-methyl/N-ethyl adjacent to an activating group) is 1. The molecule has 2 heterocycles. The Hall–Kier alpha value is -1.79. The van der Waals surface area contributed by atoms with Crippen LogP contribution in [0.2, 0.25) is 0 Å². The summed E-state index contributed by atoms with van der Waals surface area (Å²) in [5.74, 6) is 0.695. The third kappa shape index (κ3) is 2.69. The summed E-state index contributed by atoms with van der Waals surface area (Å²) < 4.78 is 6.18. The Kier molecular flexibility index (Phi) is 3.73. The minimum Gasteiger partial charge on any atom is -0.497 e. The number of nitrogens with two attached hydrogens (primary N) is 1. The second kappa shape index (κ2) is 5.54. The van der Waals surface area contributed by atoms with Crippen LogP contribution in [0.4, 0.5) is 5.69 Å². The number of rotatable bonds is 3. The number of hydrogen-bond donors (Lipinski definition) is 2. The van der Waals surface area contributed by atoms with Crippen molar-refractivity contribution < 1.29 is 9.53 Å². The number of methoxy groups -OCH3 is 1. The maximum Gasteiger partial charge on any atom is 0.263 e. The molecule has 0 radical (unpaired) electrons. The van der Waals surface area contributed by atoms with E-state index in [2.05, 4.69) is 17.3 Å². The van der Waals surface area contributed by atoms with Crippen molar-refractivity contribution in [2.24, 2.45) is 0 Å². The van der Waals surface area contributed by atoms with Crippen molar-refractivity contribution in [1.29, 1.82) is 0 Å². The van der Waals surface area contributed by atoms with Gasteiger partial charge in [-0.3, -0.25) is 4.79 Å². The van der Waals surface area contributed by atoms with Gasteiger partial charge in [0.1, 0.15) is 10.6 Å². The van der Waals surface area contributed by atoms with Gasteiger partial charge in [-0.05, 0) is 38.2 Å². The summed E-state index contributed by atoms with van der Waals surface area (Å²) in [5, 5.41) is 3.99. The predicted octanol–water partition coefficient (Wildman–Crippen LogP) is 1.93. The van der Waals surface area contributed by atoms with Crippen LogP contribution < -0.4 is 15.8 Å². The molecule has 1 amide bonds. The van der Waals surface area contributed by atoms with Crippen LogP contribution in [0, 0.1) is 0 Å². The highest BCUT2D eigenvalue weighted by molar-refractivity contribution is 7.21. The van der Waals surface area contributed by atoms with Crippen LogP contribution in [0.1, 0.15) is 16.1 Å². The standard InChI is InChI=1S/C15H19N3O2S/c1-18-6-5-9(8-18)17-15(19)14-13(16)11-4-3-10(20-2)7-12(11)21-14/h3-4,7,9H,5-6,8,16H2,1-2H3,(H,17,19). The fourth-order valence-electron chi connectivity index (χ4n) is 2.70. The van der Waals surface area contributed by atoms with Crippen molar-refractivity contribution in [2.75, 3.05) is 33.0 Å². The molecule has 21 heavy (non-hydrogen) atoms. The summed E-state index contributed by atoms with van der Waals surface area (Å²) in [6.45, 7) is 1.91. The molecular weight excluding hydrogens is 286 g/mol. The number of nitrogens with one attached hydrogen (secondary N) is 1. The molecule has 0 aliphatic carbocycles. The Morgan fingerprint density at radius 2 is 2.33 bits per heavy atom. The zero-order valence-electron chi connectivity index (χ0n) is 12.2. The van der Waals surface area contributed by atoms with Gasteiger partial charge in [-0.1, -0.05) is 0 Å². The molecule has 112 valence electrons. The molecule has 1 aliphatic rings. The van der Waals surface area contributed by atoms with E-state index >= 15 is 0 Å². The molecule has 0 saturated carbocycles. The van der Waals surface area contributed by atoms with Gasteiger partial charge < -0.3 is 20.7 Å². The monoisotopic (exact) mass is 305 g/mol. The molecule has 0 spiro atoms. The first-order valence-corrected chi connectivity index (χ1v) is 7.75. The summed E-state index contributed by atoms with van der Waals surface area (Å²) in [6.07, 6.45) is 0.987. The number of anilines is 1. The molecule has 1 aromatic carbocycles. The number of nitrogen functional groups attached to an aromatic ring is 1. The Labute approximate surface area is 127 Å². The Morgan fingerprint density at radius 3 is 3.00 bits per heavy atom. The number of ether oxygens (including phenoxy) is 1. The number of thiophene rings is 1. The van der Waals surface area contributed by atoms with Crippen molar-refractivity contribution in [3.8, 4) is 5.75 Å². The molecule has 5 nitrogen and oxygen atoms in total. The van der Waals surface area contributed by atoms with E-state index in [0.29, 0.717) is 10.6 Å². The van der Waals surface area contributed by atoms with Gasteiger partial charge in [0.2, 0.25) is 0 Å². The van der Waals surface area contributed by atoms with Crippen LogP contribution in [0.25, 0.3) is 10.1 Å². The summed E-state index contributed by atoms with van der Waals surface area (Å²) in [4.78, 5) is 15.2. The molecule has 3 rings (SSSR count). The highest BCUT2D eigenvalue weighted by atomic mass is 32.1. The van der Waals surface area contributed by atoms with Crippen molar-refractivity contribution in [3.63, 3.8) is 0 Å². The molecule has 0 bridgehead atoms. The number of benzene rings is 1. The summed E-state index contributed by atoms with van der Waals surface area (Å²) in [7, 11) is 3.69. The van der Waals surface area contributed by atoms with Crippen LogP contribution in [-0.4, -0.2) is 44.1 Å². The van der Waals surface area contributed by atoms with E-state index in [-0.39, 0.29) is 11.9 Å². The SMILES string of the molecule is COc1ccc2c(N)c(C(=O)NC3CCN(C)C3)sc2c1. The fraction of sp³-hybridized carbons (Fsp3) is 0.400. The summed E-state index contributed by atoms with van der Waals surface area (Å²) in [6, 6.07) is 5.89. The van der Waals surface area contributed by atoms with Crippen LogP contribution >= 0.6 is 11.3 Å². The van der Waals surface area contributed by atoms with E-state index < -0.39 is 0 Å². The van der Waals surface area contributed by atoms with Gasteiger partial charge in [-0.25, -0.2) is 0 Å². The topological polar surface area (TPSA) is 67.6 Å². The Bertz CT molecular complexity index is 683. The van der Waals surface area contributed by atoms with Crippen LogP contribution in [0.5, 0.6) is 5.75 Å². The minimum absolute atomic E-state index is 0.0760. The van der Waals surface area contributed by atoms with Crippen molar-refractivity contribution in [1.82, 2.24) is 10.2 Å². The van der Waals surface area contributed by atoms with E-state index in [0.717, 1.165) is 35.3 Å². The highest BCUT2D eigenvalue weighted by Crippen LogP contribution is 2.35. The minimum atomic E-state index is -0.0760. The number of fused-ring (bicyclic) bond motifs is 1. The molecule has 3 N–H and O–H groups in total. The lowest BCUT2D eigenvalue weighted by Crippen LogP contribution is -2.36. The zero-order valence-corrected chi connectivity index (χ0v) is 13.0. The molecule has 1 aromatic heterocycles. The normalized spacial score (nSPS) is 19.0. The van der Waals surface area contributed by atoms with Gasteiger partial charge in [0.15, 0.2) is 0 Å². The van der Waals surface area contributed by atoms with Crippen LogP contribution in [0.3, 0.4) is 0 Å². The molecule has 1 saturated heterocycles. The molecule has 1 fully saturated rings. The predicted molar refractivity (Wildman–Crippen MR) is 86.2 cm³/mol. The van der Waals surface area contributed by atoms with Gasteiger partial charge in [-0.2, -0.15) is 0 Å². The van der Waals surface area contributed by atoms with Gasteiger partial charge in [0.25, 0.3) is 5.91 Å². The number of carbonyl (C=O) groups excluding carboxylic acids is 1. The molecular formula is C15H19N3O2S. The number of nitrogens with zero attached hydrogens (tertiary/aromatic N) is 1. The Balaban J connectivity index is 1.85. The van der Waals surface area contributed by atoms with E-state index in [9.17, 15) is 4.79 Å². The lowest BCUT2D eigenvalue weighted by molar-refractivity contribution is 0.0943. The number of amides is 1. The maximum absolute atomic E-state index is 12.4. The largest absolute Gasteiger partial charge is 0.497 e. The van der Waals surface area contributed by atoms with Gasteiger partial charge in [0.05, 0.1) is 12.8 Å². The van der Waals surface area contributed by atoms with Gasteiger partial charge >= 0.3 is 0 Å². The maximum atomic E-state index is 12.4. The van der Waals surface area contributed by atoms with Gasteiger partial charge in [-0.15, -0.1) is 11.3 Å². The van der Waals surface area contributed by atoms with E-state index in [4.69, 9.17) is 10.5 Å². The van der Waals surface area contributed by atoms with Crippen molar-refractivity contribution in [2.45, 2.75) is 12.5 Å². The number of hydrogen-bond acceptors (Lipinski definition) is 5. The average molecular weight is 305 g/mol.